The zero-order valence-corrected chi connectivity index (χ0v) is 10.3. The number of benzene rings is 1. The Hall–Kier alpha value is -2.24. The van der Waals surface area contributed by atoms with E-state index >= 15 is 0 Å². The molecule has 100 valence electrons. The van der Waals surface area contributed by atoms with Gasteiger partial charge in [0.05, 0.1) is 11.8 Å². The molecule has 0 fully saturated rings. The minimum absolute atomic E-state index is 0.261. The van der Waals surface area contributed by atoms with Crippen molar-refractivity contribution in [2.45, 2.75) is 13.3 Å². The average Bonchev–Trinajstić information content (AvgIpc) is 2.74. The highest BCUT2D eigenvalue weighted by Gasteiger charge is 2.10. The fourth-order valence-corrected chi connectivity index (χ4v) is 1.75. The summed E-state index contributed by atoms with van der Waals surface area (Å²) in [5, 5.41) is 9.08. The van der Waals surface area contributed by atoms with Crippen LogP contribution in [0.4, 0.5) is 8.78 Å². The summed E-state index contributed by atoms with van der Waals surface area (Å²) in [7, 11) is 0. The molecule has 0 unspecified atom stereocenters. The van der Waals surface area contributed by atoms with Crippen LogP contribution in [-0.2, 0) is 6.42 Å². The molecule has 6 heteroatoms. The molecule has 19 heavy (non-hydrogen) atoms. The minimum atomic E-state index is -0.619. The van der Waals surface area contributed by atoms with Crippen LogP contribution in [0, 0.1) is 18.6 Å². The summed E-state index contributed by atoms with van der Waals surface area (Å²) in [6.07, 6.45) is 1.80. The third-order valence-corrected chi connectivity index (χ3v) is 2.70. The van der Waals surface area contributed by atoms with Crippen molar-refractivity contribution in [2.75, 3.05) is 6.54 Å². The van der Waals surface area contributed by atoms with E-state index in [1.54, 1.807) is 6.92 Å². The quantitative estimate of drug-likeness (QED) is 0.888. The van der Waals surface area contributed by atoms with E-state index in [0.717, 1.165) is 6.07 Å². The summed E-state index contributed by atoms with van der Waals surface area (Å²) >= 11 is 0. The smallest absolute Gasteiger partial charge is 0.254 e. The highest BCUT2D eigenvalue weighted by atomic mass is 19.1. The zero-order valence-electron chi connectivity index (χ0n) is 10.3. The molecular weight excluding hydrogens is 252 g/mol. The molecule has 1 aromatic heterocycles. The van der Waals surface area contributed by atoms with E-state index in [4.69, 9.17) is 0 Å². The van der Waals surface area contributed by atoms with Gasteiger partial charge >= 0.3 is 0 Å². The van der Waals surface area contributed by atoms with Crippen molar-refractivity contribution < 1.29 is 13.6 Å². The molecule has 0 saturated carbocycles. The Balaban J connectivity index is 1.90. The number of carbonyl (C=O) groups excluding carboxylic acids is 1. The molecule has 4 nitrogen and oxygen atoms in total. The van der Waals surface area contributed by atoms with Gasteiger partial charge in [0.2, 0.25) is 0 Å². The van der Waals surface area contributed by atoms with Crippen molar-refractivity contribution >= 4 is 5.91 Å². The van der Waals surface area contributed by atoms with Crippen molar-refractivity contribution in [1.29, 1.82) is 0 Å². The molecule has 0 aliphatic carbocycles. The Kier molecular flexibility index (Phi) is 3.89. The van der Waals surface area contributed by atoms with Gasteiger partial charge in [-0.3, -0.25) is 9.89 Å². The number of nitrogens with one attached hydrogen (secondary N) is 2. The van der Waals surface area contributed by atoms with Crippen LogP contribution in [0.5, 0.6) is 0 Å². The number of rotatable bonds is 4. The van der Waals surface area contributed by atoms with Crippen molar-refractivity contribution in [1.82, 2.24) is 15.5 Å². The lowest BCUT2D eigenvalue weighted by molar-refractivity contribution is 0.0953. The molecule has 1 aromatic carbocycles. The largest absolute Gasteiger partial charge is 0.352 e. The maximum absolute atomic E-state index is 13.0. The summed E-state index contributed by atoms with van der Waals surface area (Å²) in [6.45, 7) is 2.04. The van der Waals surface area contributed by atoms with Crippen molar-refractivity contribution in [3.63, 3.8) is 0 Å². The number of hydrogen-bond donors (Lipinski definition) is 2. The average molecular weight is 265 g/mol. The van der Waals surface area contributed by atoms with Gasteiger partial charge in [-0.05, 0) is 31.0 Å². The Labute approximate surface area is 108 Å². The van der Waals surface area contributed by atoms with Crippen LogP contribution in [0.3, 0.4) is 0 Å². The number of amides is 1. The van der Waals surface area contributed by atoms with Gasteiger partial charge in [-0.15, -0.1) is 0 Å². The first-order valence-corrected chi connectivity index (χ1v) is 5.79. The van der Waals surface area contributed by atoms with E-state index < -0.39 is 11.6 Å². The molecule has 0 bridgehead atoms. The minimum Gasteiger partial charge on any atom is -0.352 e. The molecule has 2 rings (SSSR count). The van der Waals surface area contributed by atoms with Crippen LogP contribution >= 0.6 is 0 Å². The van der Waals surface area contributed by atoms with E-state index in [2.05, 4.69) is 15.5 Å². The third kappa shape index (κ3) is 3.37. The second-order valence-electron chi connectivity index (χ2n) is 4.19. The Morgan fingerprint density at radius 2 is 2.00 bits per heavy atom. The first-order chi connectivity index (χ1) is 9.06. The molecule has 1 amide bonds. The lowest BCUT2D eigenvalue weighted by Crippen LogP contribution is -2.26. The second kappa shape index (κ2) is 5.60. The highest BCUT2D eigenvalue weighted by Crippen LogP contribution is 2.08. The van der Waals surface area contributed by atoms with E-state index in [1.807, 2.05) is 0 Å². The molecule has 0 atom stereocenters. The van der Waals surface area contributed by atoms with Crippen LogP contribution < -0.4 is 5.32 Å². The number of hydrogen-bond acceptors (Lipinski definition) is 2. The van der Waals surface area contributed by atoms with Crippen LogP contribution in [0.1, 0.15) is 21.6 Å². The Bertz CT molecular complexity index is 575. The second-order valence-corrected chi connectivity index (χ2v) is 4.19. The van der Waals surface area contributed by atoms with Crippen LogP contribution in [0.25, 0.3) is 0 Å². The number of H-pyrrole nitrogens is 1. The normalized spacial score (nSPS) is 10.5. The van der Waals surface area contributed by atoms with Gasteiger partial charge in [-0.2, -0.15) is 5.10 Å². The maximum Gasteiger partial charge on any atom is 0.254 e. The maximum atomic E-state index is 13.0. The molecule has 0 aliphatic rings. The standard InChI is InChI=1S/C13H13F2N3O/c1-8-12(7-17-18-8)13(19)16-3-2-9-4-10(14)6-11(15)5-9/h4-7H,2-3H2,1H3,(H,16,19)(H,17,18). The number of aryl methyl sites for hydroxylation is 1. The SMILES string of the molecule is Cc1[nH]ncc1C(=O)NCCc1cc(F)cc(F)c1. The van der Waals surface area contributed by atoms with Gasteiger partial charge in [0.25, 0.3) is 5.91 Å². The number of halogens is 2. The topological polar surface area (TPSA) is 57.8 Å². The highest BCUT2D eigenvalue weighted by molar-refractivity contribution is 5.94. The van der Waals surface area contributed by atoms with Crippen molar-refractivity contribution in [2.24, 2.45) is 0 Å². The molecule has 0 radical (unpaired) electrons. The van der Waals surface area contributed by atoms with Crippen LogP contribution in [0.15, 0.2) is 24.4 Å². The third-order valence-electron chi connectivity index (χ3n) is 2.70. The van der Waals surface area contributed by atoms with E-state index in [-0.39, 0.29) is 5.91 Å². The fourth-order valence-electron chi connectivity index (χ4n) is 1.75. The number of nitrogens with zero attached hydrogens (tertiary/aromatic N) is 1. The lowest BCUT2D eigenvalue weighted by atomic mass is 10.1. The van der Waals surface area contributed by atoms with E-state index in [1.165, 1.54) is 18.3 Å². The molecule has 0 aliphatic heterocycles. The number of aromatic amines is 1. The van der Waals surface area contributed by atoms with Gasteiger partial charge in [-0.1, -0.05) is 0 Å². The summed E-state index contributed by atoms with van der Waals surface area (Å²) in [5.41, 5.74) is 1.64. The monoisotopic (exact) mass is 265 g/mol. The zero-order chi connectivity index (χ0) is 13.8. The number of aromatic nitrogens is 2. The van der Waals surface area contributed by atoms with Gasteiger partial charge < -0.3 is 5.32 Å². The molecule has 2 aromatic rings. The summed E-state index contributed by atoms with van der Waals surface area (Å²) < 4.78 is 25.9. The predicted molar refractivity (Wildman–Crippen MR) is 65.7 cm³/mol. The van der Waals surface area contributed by atoms with Gasteiger partial charge in [0.15, 0.2) is 0 Å². The first-order valence-electron chi connectivity index (χ1n) is 5.79. The first kappa shape index (κ1) is 13.2. The number of carbonyl (C=O) groups is 1. The molecule has 0 spiro atoms. The van der Waals surface area contributed by atoms with Gasteiger partial charge in [-0.25, -0.2) is 8.78 Å². The predicted octanol–water partition coefficient (Wildman–Crippen LogP) is 1.97. The summed E-state index contributed by atoms with van der Waals surface area (Å²) in [6, 6.07) is 3.31. The van der Waals surface area contributed by atoms with E-state index in [9.17, 15) is 13.6 Å². The van der Waals surface area contributed by atoms with Crippen LogP contribution in [-0.4, -0.2) is 22.6 Å². The molecular formula is C13H13F2N3O. The summed E-state index contributed by atoms with van der Waals surface area (Å²) in [4.78, 5) is 11.7. The lowest BCUT2D eigenvalue weighted by Gasteiger charge is -2.05. The fraction of sp³-hybridized carbons (Fsp3) is 0.231. The molecule has 0 saturated heterocycles. The van der Waals surface area contributed by atoms with Gasteiger partial charge in [0, 0.05) is 18.3 Å². The van der Waals surface area contributed by atoms with E-state index in [0.29, 0.717) is 29.8 Å². The van der Waals surface area contributed by atoms with Crippen molar-refractivity contribution in [3.8, 4) is 0 Å². The Morgan fingerprint density at radius 1 is 1.32 bits per heavy atom. The summed E-state index contributed by atoms with van der Waals surface area (Å²) in [5.74, 6) is -1.50. The van der Waals surface area contributed by atoms with Crippen LogP contribution in [0.2, 0.25) is 0 Å². The Morgan fingerprint density at radius 3 is 2.58 bits per heavy atom. The van der Waals surface area contributed by atoms with Gasteiger partial charge in [0.1, 0.15) is 11.6 Å². The van der Waals surface area contributed by atoms with Crippen molar-refractivity contribution in [3.05, 3.63) is 52.9 Å². The molecule has 2 N–H and O–H groups in total. The molecule has 1 heterocycles.